The zero-order chi connectivity index (χ0) is 13.5. The van der Waals surface area contributed by atoms with Gasteiger partial charge in [-0.25, -0.2) is 0 Å². The van der Waals surface area contributed by atoms with Gasteiger partial charge in [0.05, 0.1) is 0 Å². The third-order valence-corrected chi connectivity index (χ3v) is 4.50. The lowest BCUT2D eigenvalue weighted by molar-refractivity contribution is 0.0744. The van der Waals surface area contributed by atoms with Crippen molar-refractivity contribution in [3.8, 4) is 5.75 Å². The molecule has 2 nitrogen and oxygen atoms in total. The van der Waals surface area contributed by atoms with Gasteiger partial charge in [0.1, 0.15) is 5.75 Å². The summed E-state index contributed by atoms with van der Waals surface area (Å²) in [6, 6.07) is 5.76. The Morgan fingerprint density at radius 3 is 2.68 bits per heavy atom. The molecule has 1 aromatic carbocycles. The fraction of sp³-hybridized carbons (Fsp3) is 0.529. The van der Waals surface area contributed by atoms with Crippen LogP contribution in [0.25, 0.3) is 6.08 Å². The van der Waals surface area contributed by atoms with Crippen molar-refractivity contribution < 1.29 is 9.84 Å². The molecule has 1 aliphatic heterocycles. The summed E-state index contributed by atoms with van der Waals surface area (Å²) >= 11 is 0. The maximum absolute atomic E-state index is 9.70. The second-order valence-electron chi connectivity index (χ2n) is 6.44. The Bertz CT molecular complexity index is 508. The second kappa shape index (κ2) is 4.68. The summed E-state index contributed by atoms with van der Waals surface area (Å²) < 4.78 is 5.47. The molecule has 1 aliphatic carbocycles. The number of hydrogen-bond acceptors (Lipinski definition) is 2. The van der Waals surface area contributed by atoms with Crippen LogP contribution in [-0.2, 0) is 10.2 Å². The number of phenols is 1. The van der Waals surface area contributed by atoms with E-state index in [1.54, 1.807) is 11.6 Å². The fourth-order valence-electron chi connectivity index (χ4n) is 3.44. The van der Waals surface area contributed by atoms with E-state index in [2.05, 4.69) is 19.9 Å². The number of rotatable bonds is 1. The number of hydrogen-bond donors (Lipinski definition) is 1. The lowest BCUT2D eigenvalue weighted by Gasteiger charge is -2.36. The molecule has 0 saturated carbocycles. The van der Waals surface area contributed by atoms with Crippen molar-refractivity contribution in [1.29, 1.82) is 0 Å². The van der Waals surface area contributed by atoms with Gasteiger partial charge in [-0.15, -0.1) is 0 Å². The van der Waals surface area contributed by atoms with Crippen LogP contribution in [0.5, 0.6) is 5.75 Å². The number of allylic oxidation sites excluding steroid dienone is 1. The topological polar surface area (TPSA) is 29.5 Å². The summed E-state index contributed by atoms with van der Waals surface area (Å²) in [7, 11) is 0. The molecule has 2 heteroatoms. The lowest BCUT2D eigenvalue weighted by atomic mass is 9.69. The van der Waals surface area contributed by atoms with Gasteiger partial charge in [-0.1, -0.05) is 31.6 Å². The van der Waals surface area contributed by atoms with Crippen molar-refractivity contribution in [3.63, 3.8) is 0 Å². The van der Waals surface area contributed by atoms with Gasteiger partial charge in [0.2, 0.25) is 0 Å². The molecular formula is C17H22O2. The number of aromatic hydroxyl groups is 1. The zero-order valence-corrected chi connectivity index (χ0v) is 11.8. The first-order valence-electron chi connectivity index (χ1n) is 7.18. The standard InChI is InChI=1S/C17H22O2/c1-17(2)11-14(12-5-7-19-8-6-12)9-13-3-4-15(18)10-16(13)17/h3-4,9-10,12,18H,5-8,11H2,1-2H3. The average molecular weight is 258 g/mol. The predicted octanol–water partition coefficient (Wildman–Crippen LogP) is 3.88. The third kappa shape index (κ3) is 2.42. The van der Waals surface area contributed by atoms with Gasteiger partial charge in [-0.05, 0) is 53.9 Å². The summed E-state index contributed by atoms with van der Waals surface area (Å²) in [5, 5.41) is 9.70. The van der Waals surface area contributed by atoms with Crippen LogP contribution in [0.4, 0.5) is 0 Å². The minimum Gasteiger partial charge on any atom is -0.508 e. The Labute approximate surface area is 115 Å². The van der Waals surface area contributed by atoms with Gasteiger partial charge >= 0.3 is 0 Å². The van der Waals surface area contributed by atoms with Gasteiger partial charge in [0.25, 0.3) is 0 Å². The van der Waals surface area contributed by atoms with Crippen molar-refractivity contribution in [1.82, 2.24) is 0 Å². The van der Waals surface area contributed by atoms with E-state index in [0.717, 1.165) is 32.5 Å². The molecule has 1 fully saturated rings. The predicted molar refractivity (Wildman–Crippen MR) is 77.3 cm³/mol. The van der Waals surface area contributed by atoms with E-state index in [0.29, 0.717) is 11.7 Å². The Morgan fingerprint density at radius 2 is 1.95 bits per heavy atom. The summed E-state index contributed by atoms with van der Waals surface area (Å²) in [6.07, 6.45) is 5.73. The van der Waals surface area contributed by atoms with Gasteiger partial charge in [0.15, 0.2) is 0 Å². The van der Waals surface area contributed by atoms with E-state index in [4.69, 9.17) is 4.74 Å². The third-order valence-electron chi connectivity index (χ3n) is 4.50. The molecule has 1 heterocycles. The molecule has 0 radical (unpaired) electrons. The summed E-state index contributed by atoms with van der Waals surface area (Å²) in [5.41, 5.74) is 4.21. The van der Waals surface area contributed by atoms with Crippen LogP contribution in [0, 0.1) is 5.92 Å². The van der Waals surface area contributed by atoms with Crippen molar-refractivity contribution >= 4 is 6.08 Å². The van der Waals surface area contributed by atoms with Gasteiger partial charge in [-0.3, -0.25) is 0 Å². The van der Waals surface area contributed by atoms with E-state index < -0.39 is 0 Å². The van der Waals surface area contributed by atoms with Crippen LogP contribution in [0.3, 0.4) is 0 Å². The Kier molecular flexibility index (Phi) is 3.14. The smallest absolute Gasteiger partial charge is 0.115 e. The van der Waals surface area contributed by atoms with Crippen LogP contribution in [0.1, 0.15) is 44.2 Å². The minimum absolute atomic E-state index is 0.108. The molecule has 0 aromatic heterocycles. The molecule has 0 amide bonds. The van der Waals surface area contributed by atoms with E-state index >= 15 is 0 Å². The van der Waals surface area contributed by atoms with Crippen LogP contribution in [-0.4, -0.2) is 18.3 Å². The van der Waals surface area contributed by atoms with Gasteiger partial charge in [-0.2, -0.15) is 0 Å². The molecule has 0 spiro atoms. The molecule has 0 bridgehead atoms. The van der Waals surface area contributed by atoms with Crippen molar-refractivity contribution in [2.75, 3.05) is 13.2 Å². The number of ether oxygens (including phenoxy) is 1. The van der Waals surface area contributed by atoms with Gasteiger partial charge < -0.3 is 9.84 Å². The van der Waals surface area contributed by atoms with Crippen LogP contribution >= 0.6 is 0 Å². The lowest BCUT2D eigenvalue weighted by Crippen LogP contribution is -2.27. The van der Waals surface area contributed by atoms with Gasteiger partial charge in [0, 0.05) is 13.2 Å². The SMILES string of the molecule is CC1(C)CC(C2CCOCC2)=Cc2ccc(O)cc21. The summed E-state index contributed by atoms with van der Waals surface area (Å²) in [5.74, 6) is 1.05. The number of benzene rings is 1. The molecule has 0 unspecified atom stereocenters. The highest BCUT2D eigenvalue weighted by atomic mass is 16.5. The highest BCUT2D eigenvalue weighted by molar-refractivity contribution is 5.64. The van der Waals surface area contributed by atoms with Crippen LogP contribution in [0.2, 0.25) is 0 Å². The first-order chi connectivity index (χ1) is 9.06. The van der Waals surface area contributed by atoms with E-state index in [9.17, 15) is 5.11 Å². The molecule has 1 N–H and O–H groups in total. The van der Waals surface area contributed by atoms with Crippen LogP contribution < -0.4 is 0 Å². The normalized spacial score (nSPS) is 22.7. The maximum atomic E-state index is 9.70. The van der Waals surface area contributed by atoms with Crippen molar-refractivity contribution in [3.05, 3.63) is 34.9 Å². The quantitative estimate of drug-likeness (QED) is 0.828. The molecule has 19 heavy (non-hydrogen) atoms. The molecule has 1 aromatic rings. The largest absolute Gasteiger partial charge is 0.508 e. The van der Waals surface area contributed by atoms with E-state index in [1.807, 2.05) is 12.1 Å². The number of fused-ring (bicyclic) bond motifs is 1. The summed E-state index contributed by atoms with van der Waals surface area (Å²) in [4.78, 5) is 0. The maximum Gasteiger partial charge on any atom is 0.115 e. The Balaban J connectivity index is 1.98. The first kappa shape index (κ1) is 12.7. The Hall–Kier alpha value is -1.28. The fourth-order valence-corrected chi connectivity index (χ4v) is 3.44. The average Bonchev–Trinajstić information content (AvgIpc) is 2.40. The molecule has 2 aliphatic rings. The summed E-state index contributed by atoms with van der Waals surface area (Å²) in [6.45, 7) is 6.34. The minimum atomic E-state index is 0.108. The van der Waals surface area contributed by atoms with Crippen LogP contribution in [0.15, 0.2) is 23.8 Å². The van der Waals surface area contributed by atoms with E-state index in [-0.39, 0.29) is 5.41 Å². The van der Waals surface area contributed by atoms with Crippen molar-refractivity contribution in [2.24, 2.45) is 5.92 Å². The molecule has 0 atom stereocenters. The molecular weight excluding hydrogens is 236 g/mol. The molecule has 1 saturated heterocycles. The monoisotopic (exact) mass is 258 g/mol. The highest BCUT2D eigenvalue weighted by Crippen LogP contribution is 2.43. The molecule has 3 rings (SSSR count). The molecule has 102 valence electrons. The second-order valence-corrected chi connectivity index (χ2v) is 6.44. The Morgan fingerprint density at radius 1 is 1.21 bits per heavy atom. The first-order valence-corrected chi connectivity index (χ1v) is 7.18. The number of phenolic OH excluding ortho intramolecular Hbond substituents is 1. The zero-order valence-electron chi connectivity index (χ0n) is 11.8. The van der Waals surface area contributed by atoms with Crippen molar-refractivity contribution in [2.45, 2.75) is 38.5 Å². The highest BCUT2D eigenvalue weighted by Gasteiger charge is 2.32. The van der Waals surface area contributed by atoms with E-state index in [1.165, 1.54) is 11.1 Å².